The van der Waals surface area contributed by atoms with E-state index in [0.717, 1.165) is 5.56 Å². The summed E-state index contributed by atoms with van der Waals surface area (Å²) in [7, 11) is 3.08. The van der Waals surface area contributed by atoms with Gasteiger partial charge in [0.25, 0.3) is 0 Å². The molecule has 0 aliphatic heterocycles. The van der Waals surface area contributed by atoms with Crippen molar-refractivity contribution in [2.45, 2.75) is 0 Å². The van der Waals surface area contributed by atoms with E-state index in [1.807, 2.05) is 6.07 Å². The van der Waals surface area contributed by atoms with Crippen LogP contribution in [-0.4, -0.2) is 30.3 Å². The van der Waals surface area contributed by atoms with Gasteiger partial charge in [-0.15, -0.1) is 0 Å². The Kier molecular flexibility index (Phi) is 4.27. The lowest BCUT2D eigenvalue weighted by molar-refractivity contribution is 0.0699. The van der Waals surface area contributed by atoms with Gasteiger partial charge in [-0.05, 0) is 24.3 Å². The van der Waals surface area contributed by atoms with Crippen molar-refractivity contribution in [2.75, 3.05) is 14.2 Å². The third kappa shape index (κ3) is 2.53. The van der Waals surface area contributed by atoms with Crippen molar-refractivity contribution in [1.82, 2.24) is 4.98 Å². The Labute approximate surface area is 143 Å². The Hall–Kier alpha value is -2.79. The van der Waals surface area contributed by atoms with Gasteiger partial charge >= 0.3 is 5.97 Å². The summed E-state index contributed by atoms with van der Waals surface area (Å²) < 4.78 is 10.9. The molecule has 0 bridgehead atoms. The van der Waals surface area contributed by atoms with Gasteiger partial charge in [-0.2, -0.15) is 0 Å². The molecule has 0 fully saturated rings. The molecule has 1 aromatic heterocycles. The van der Waals surface area contributed by atoms with E-state index in [1.54, 1.807) is 37.6 Å². The first-order valence-electron chi connectivity index (χ1n) is 7.10. The molecule has 0 aliphatic carbocycles. The molecule has 0 spiro atoms. The van der Waals surface area contributed by atoms with Crippen molar-refractivity contribution >= 4 is 28.5 Å². The van der Waals surface area contributed by atoms with Crippen LogP contribution in [0.2, 0.25) is 5.02 Å². The Bertz CT molecular complexity index is 940. The molecule has 0 aliphatic rings. The number of rotatable bonds is 4. The average Bonchev–Trinajstić information content (AvgIpc) is 2.60. The molecule has 24 heavy (non-hydrogen) atoms. The Morgan fingerprint density at radius 3 is 2.58 bits per heavy atom. The van der Waals surface area contributed by atoms with Crippen LogP contribution in [0.25, 0.3) is 22.0 Å². The lowest BCUT2D eigenvalue weighted by Crippen LogP contribution is -2.00. The minimum atomic E-state index is -1.03. The predicted molar refractivity (Wildman–Crippen MR) is 92.3 cm³/mol. The van der Waals surface area contributed by atoms with Gasteiger partial charge in [-0.1, -0.05) is 23.7 Å². The van der Waals surface area contributed by atoms with Crippen LogP contribution in [0.15, 0.2) is 42.6 Å². The molecule has 6 heteroatoms. The summed E-state index contributed by atoms with van der Waals surface area (Å²) in [5, 5.41) is 10.5. The molecule has 3 aromatic rings. The van der Waals surface area contributed by atoms with Crippen molar-refractivity contribution in [1.29, 1.82) is 0 Å². The second kappa shape index (κ2) is 6.37. The fourth-order valence-electron chi connectivity index (χ4n) is 2.73. The highest BCUT2D eigenvalue weighted by atomic mass is 35.5. The predicted octanol–water partition coefficient (Wildman–Crippen LogP) is 4.27. The van der Waals surface area contributed by atoms with Crippen LogP contribution in [0.4, 0.5) is 0 Å². The first-order valence-corrected chi connectivity index (χ1v) is 7.48. The Morgan fingerprint density at radius 1 is 1.12 bits per heavy atom. The number of fused-ring (bicyclic) bond motifs is 1. The summed E-state index contributed by atoms with van der Waals surface area (Å²) in [6.45, 7) is 0. The Morgan fingerprint density at radius 2 is 1.92 bits per heavy atom. The first kappa shape index (κ1) is 16.1. The highest BCUT2D eigenvalue weighted by Gasteiger charge is 2.20. The molecule has 0 saturated heterocycles. The largest absolute Gasteiger partial charge is 0.496 e. The Balaban J connectivity index is 2.42. The number of hydrogen-bond acceptors (Lipinski definition) is 4. The second-order valence-corrected chi connectivity index (χ2v) is 5.43. The van der Waals surface area contributed by atoms with Gasteiger partial charge in [0.15, 0.2) is 0 Å². The quantitative estimate of drug-likeness (QED) is 0.766. The monoisotopic (exact) mass is 343 g/mol. The number of aromatic nitrogens is 1. The maximum Gasteiger partial charge on any atom is 0.337 e. The number of para-hydroxylation sites is 1. The summed E-state index contributed by atoms with van der Waals surface area (Å²) >= 11 is 6.25. The highest BCUT2D eigenvalue weighted by Crippen LogP contribution is 2.45. The third-order valence-electron chi connectivity index (χ3n) is 3.77. The minimum Gasteiger partial charge on any atom is -0.496 e. The van der Waals surface area contributed by atoms with Gasteiger partial charge in [0, 0.05) is 17.1 Å². The van der Waals surface area contributed by atoms with E-state index in [4.69, 9.17) is 21.1 Å². The van der Waals surface area contributed by atoms with E-state index >= 15 is 0 Å². The fraction of sp³-hybridized carbons (Fsp3) is 0.111. The summed E-state index contributed by atoms with van der Waals surface area (Å²) in [5.41, 5.74) is 1.92. The molecule has 122 valence electrons. The lowest BCUT2D eigenvalue weighted by atomic mass is 9.97. The number of ether oxygens (including phenoxy) is 2. The smallest absolute Gasteiger partial charge is 0.337 e. The van der Waals surface area contributed by atoms with Crippen molar-refractivity contribution in [2.24, 2.45) is 0 Å². The lowest BCUT2D eigenvalue weighted by Gasteiger charge is -2.16. The van der Waals surface area contributed by atoms with Crippen LogP contribution in [0.1, 0.15) is 10.4 Å². The number of benzene rings is 2. The van der Waals surface area contributed by atoms with Crippen LogP contribution in [0.3, 0.4) is 0 Å². The van der Waals surface area contributed by atoms with Crippen molar-refractivity contribution in [3.8, 4) is 22.6 Å². The number of hydrogen-bond donors (Lipinski definition) is 1. The maximum atomic E-state index is 11.5. The van der Waals surface area contributed by atoms with Crippen LogP contribution < -0.4 is 9.47 Å². The van der Waals surface area contributed by atoms with E-state index in [0.29, 0.717) is 33.0 Å². The molecule has 1 N–H and O–H groups in total. The van der Waals surface area contributed by atoms with Crippen LogP contribution in [-0.2, 0) is 0 Å². The van der Waals surface area contributed by atoms with Crippen molar-refractivity contribution in [3.05, 3.63) is 53.2 Å². The fourth-order valence-corrected chi connectivity index (χ4v) is 2.97. The topological polar surface area (TPSA) is 68.7 Å². The zero-order chi connectivity index (χ0) is 17.3. The average molecular weight is 344 g/mol. The minimum absolute atomic E-state index is 0.134. The number of carboxylic acids is 1. The van der Waals surface area contributed by atoms with Gasteiger partial charge in [0.1, 0.15) is 11.5 Å². The summed E-state index contributed by atoms with van der Waals surface area (Å²) in [6.07, 6.45) is 1.56. The molecule has 0 saturated carbocycles. The molecular formula is C18H14ClNO4. The molecule has 2 aromatic carbocycles. The second-order valence-electron chi connectivity index (χ2n) is 5.02. The van der Waals surface area contributed by atoms with Gasteiger partial charge in [0.05, 0.1) is 35.9 Å². The number of carboxylic acid groups (broad SMARTS) is 1. The molecule has 0 unspecified atom stereocenters. The number of carbonyl (C=O) groups is 1. The third-order valence-corrected chi connectivity index (χ3v) is 4.06. The maximum absolute atomic E-state index is 11.5. The molecule has 3 rings (SSSR count). The van der Waals surface area contributed by atoms with Gasteiger partial charge in [-0.3, -0.25) is 4.98 Å². The van der Waals surface area contributed by atoms with Crippen LogP contribution in [0.5, 0.6) is 11.5 Å². The SMILES string of the molecule is COc1ccc(Cl)c(OC)c1-c1ccnc2c(C(=O)O)cccc12. The molecule has 5 nitrogen and oxygen atoms in total. The van der Waals surface area contributed by atoms with Crippen LogP contribution >= 0.6 is 11.6 Å². The first-order chi connectivity index (χ1) is 11.6. The van der Waals surface area contributed by atoms with Crippen LogP contribution in [0, 0.1) is 0 Å². The van der Waals surface area contributed by atoms with Gasteiger partial charge in [0.2, 0.25) is 0 Å². The number of nitrogens with zero attached hydrogens (tertiary/aromatic N) is 1. The number of pyridine rings is 1. The highest BCUT2D eigenvalue weighted by molar-refractivity contribution is 6.32. The van der Waals surface area contributed by atoms with E-state index in [9.17, 15) is 9.90 Å². The zero-order valence-electron chi connectivity index (χ0n) is 13.0. The zero-order valence-corrected chi connectivity index (χ0v) is 13.8. The summed E-state index contributed by atoms with van der Waals surface area (Å²) in [4.78, 5) is 15.7. The van der Waals surface area contributed by atoms with E-state index in [1.165, 1.54) is 13.2 Å². The molecule has 0 radical (unpaired) electrons. The summed E-state index contributed by atoms with van der Waals surface area (Å²) in [5.74, 6) is 0.00370. The standard InChI is InChI=1S/C18H14ClNO4/c1-23-14-7-6-13(19)17(24-2)15(14)10-8-9-20-16-11(10)4-3-5-12(16)18(21)22/h3-9H,1-2H3,(H,21,22). The molecular weight excluding hydrogens is 330 g/mol. The summed E-state index contributed by atoms with van der Waals surface area (Å²) in [6, 6.07) is 10.2. The number of aromatic carboxylic acids is 1. The van der Waals surface area contributed by atoms with Gasteiger partial charge < -0.3 is 14.6 Å². The number of halogens is 1. The van der Waals surface area contributed by atoms with E-state index in [-0.39, 0.29) is 5.56 Å². The van der Waals surface area contributed by atoms with Crippen molar-refractivity contribution in [3.63, 3.8) is 0 Å². The van der Waals surface area contributed by atoms with E-state index < -0.39 is 5.97 Å². The van der Waals surface area contributed by atoms with E-state index in [2.05, 4.69) is 4.98 Å². The molecule has 0 amide bonds. The van der Waals surface area contributed by atoms with Gasteiger partial charge in [-0.25, -0.2) is 4.79 Å². The number of methoxy groups -OCH3 is 2. The molecule has 1 heterocycles. The normalized spacial score (nSPS) is 10.6. The van der Waals surface area contributed by atoms with Crippen molar-refractivity contribution < 1.29 is 19.4 Å². The molecule has 0 atom stereocenters.